The molecule has 3 N–H and O–H groups in total. The van der Waals surface area contributed by atoms with Gasteiger partial charge in [-0.05, 0) is 19.8 Å². The van der Waals surface area contributed by atoms with Crippen LogP contribution in [0.4, 0.5) is 0 Å². The summed E-state index contributed by atoms with van der Waals surface area (Å²) in [5.74, 6) is -0.0484. The Kier molecular flexibility index (Phi) is 8.41. The molecular weight excluding hydrogens is 230 g/mol. The fraction of sp³-hybridized carbons (Fsp3) is 0.769. The molecule has 18 heavy (non-hydrogen) atoms. The number of hydrogen-bond acceptors (Lipinski definition) is 4. The van der Waals surface area contributed by atoms with Crippen molar-refractivity contribution in [3.05, 3.63) is 11.8 Å². The Bertz CT molecular complexity index is 279. The van der Waals surface area contributed by atoms with Gasteiger partial charge in [0.05, 0.1) is 0 Å². The summed E-state index contributed by atoms with van der Waals surface area (Å²) < 4.78 is 0. The molecule has 1 aliphatic rings. The van der Waals surface area contributed by atoms with E-state index >= 15 is 0 Å². The molecular formula is C13H27N3O2. The lowest BCUT2D eigenvalue weighted by Crippen LogP contribution is -2.45. The summed E-state index contributed by atoms with van der Waals surface area (Å²) in [6.07, 6.45) is 3.43. The summed E-state index contributed by atoms with van der Waals surface area (Å²) in [5.41, 5.74) is 6.59. The molecule has 106 valence electrons. The number of hydrogen-bond donors (Lipinski definition) is 2. The van der Waals surface area contributed by atoms with Crippen LogP contribution < -0.4 is 11.1 Å². The van der Waals surface area contributed by atoms with E-state index in [0.29, 0.717) is 12.2 Å². The number of amides is 1. The average Bonchev–Trinajstić information content (AvgIpc) is 2.41. The third-order valence-electron chi connectivity index (χ3n) is 2.71. The van der Waals surface area contributed by atoms with Crippen molar-refractivity contribution in [2.24, 2.45) is 5.73 Å². The van der Waals surface area contributed by atoms with Crippen molar-refractivity contribution in [1.82, 2.24) is 10.4 Å². The van der Waals surface area contributed by atoms with E-state index in [0.717, 1.165) is 12.8 Å². The van der Waals surface area contributed by atoms with Crippen molar-refractivity contribution >= 4 is 5.91 Å². The lowest BCUT2D eigenvalue weighted by Gasteiger charge is -2.31. The molecule has 1 heterocycles. The van der Waals surface area contributed by atoms with Crippen molar-refractivity contribution in [3.8, 4) is 0 Å². The summed E-state index contributed by atoms with van der Waals surface area (Å²) in [5, 5.41) is 4.36. The van der Waals surface area contributed by atoms with Gasteiger partial charge >= 0.3 is 0 Å². The zero-order chi connectivity index (χ0) is 14.1. The van der Waals surface area contributed by atoms with Crippen LogP contribution in [0.2, 0.25) is 0 Å². The van der Waals surface area contributed by atoms with Crippen molar-refractivity contribution in [1.29, 1.82) is 0 Å². The fourth-order valence-corrected chi connectivity index (χ4v) is 1.57. The molecule has 2 atom stereocenters. The number of rotatable bonds is 5. The van der Waals surface area contributed by atoms with E-state index in [2.05, 4.69) is 5.32 Å². The lowest BCUT2D eigenvalue weighted by molar-refractivity contribution is -0.180. The first-order valence-corrected chi connectivity index (χ1v) is 6.74. The molecule has 1 aliphatic heterocycles. The summed E-state index contributed by atoms with van der Waals surface area (Å²) >= 11 is 0. The molecule has 0 aliphatic carbocycles. The standard InChI is InChI=1S/C11H21N3O2.C2H6/c1-4-9(12)10(5-2)16-14-6-8(3)11(15)13-7-14;1-2/h6,9-10H,4-5,7,12H2,1-3H3,(H,13,15);1-2H3. The van der Waals surface area contributed by atoms with Crippen LogP contribution in [0.25, 0.3) is 0 Å². The molecule has 0 saturated carbocycles. The molecule has 0 aromatic rings. The first kappa shape index (κ1) is 16.9. The zero-order valence-electron chi connectivity index (χ0n) is 12.2. The molecule has 0 spiro atoms. The second-order valence-corrected chi connectivity index (χ2v) is 4.02. The topological polar surface area (TPSA) is 67.6 Å². The minimum Gasteiger partial charge on any atom is -0.333 e. The van der Waals surface area contributed by atoms with Crippen LogP contribution in [-0.2, 0) is 9.63 Å². The smallest absolute Gasteiger partial charge is 0.249 e. The van der Waals surface area contributed by atoms with Gasteiger partial charge in [-0.1, -0.05) is 27.7 Å². The lowest BCUT2D eigenvalue weighted by atomic mass is 10.1. The molecule has 0 fully saturated rings. The highest BCUT2D eigenvalue weighted by atomic mass is 16.7. The molecule has 1 rings (SSSR count). The maximum atomic E-state index is 11.2. The van der Waals surface area contributed by atoms with Gasteiger partial charge in [-0.25, -0.2) is 5.06 Å². The van der Waals surface area contributed by atoms with Crippen molar-refractivity contribution in [3.63, 3.8) is 0 Å². The van der Waals surface area contributed by atoms with E-state index in [1.54, 1.807) is 18.2 Å². The first-order chi connectivity index (χ1) is 8.58. The number of carbonyl (C=O) groups excluding carboxylic acids is 1. The van der Waals surface area contributed by atoms with Gasteiger partial charge < -0.3 is 11.1 Å². The third kappa shape index (κ3) is 5.06. The van der Waals surface area contributed by atoms with E-state index in [1.807, 2.05) is 27.7 Å². The predicted octanol–water partition coefficient (Wildman–Crippen LogP) is 1.75. The molecule has 1 amide bonds. The normalized spacial score (nSPS) is 18.2. The van der Waals surface area contributed by atoms with Crippen LogP contribution in [0.15, 0.2) is 11.8 Å². The van der Waals surface area contributed by atoms with E-state index in [9.17, 15) is 4.79 Å². The Morgan fingerprint density at radius 3 is 2.50 bits per heavy atom. The van der Waals surface area contributed by atoms with Gasteiger partial charge in [-0.15, -0.1) is 0 Å². The maximum Gasteiger partial charge on any atom is 0.249 e. The highest BCUT2D eigenvalue weighted by Gasteiger charge is 2.21. The fourth-order valence-electron chi connectivity index (χ4n) is 1.57. The summed E-state index contributed by atoms with van der Waals surface area (Å²) in [6, 6.07) is 0.0244. The van der Waals surface area contributed by atoms with Gasteiger partial charge in [0.1, 0.15) is 12.8 Å². The SMILES string of the molecule is CC.CCC(N)C(CC)ON1C=C(C)C(=O)NC1. The Labute approximate surface area is 110 Å². The van der Waals surface area contributed by atoms with Crippen LogP contribution in [0, 0.1) is 0 Å². The van der Waals surface area contributed by atoms with Gasteiger partial charge in [0.2, 0.25) is 5.91 Å². The van der Waals surface area contributed by atoms with Gasteiger partial charge in [0, 0.05) is 17.8 Å². The number of nitrogens with two attached hydrogens (primary N) is 1. The predicted molar refractivity (Wildman–Crippen MR) is 73.4 cm³/mol. The van der Waals surface area contributed by atoms with E-state index in [1.165, 1.54) is 0 Å². The molecule has 0 aromatic heterocycles. The Hall–Kier alpha value is -1.07. The van der Waals surface area contributed by atoms with Crippen LogP contribution in [-0.4, -0.2) is 29.8 Å². The zero-order valence-corrected chi connectivity index (χ0v) is 12.2. The van der Waals surface area contributed by atoms with Gasteiger partial charge in [0.25, 0.3) is 0 Å². The average molecular weight is 257 g/mol. The molecule has 5 heteroatoms. The molecule has 0 saturated heterocycles. The third-order valence-corrected chi connectivity index (χ3v) is 2.71. The first-order valence-electron chi connectivity index (χ1n) is 6.74. The highest BCUT2D eigenvalue weighted by molar-refractivity contribution is 5.93. The number of hydroxylamine groups is 2. The highest BCUT2D eigenvalue weighted by Crippen LogP contribution is 2.11. The summed E-state index contributed by atoms with van der Waals surface area (Å²) in [6.45, 7) is 10.2. The monoisotopic (exact) mass is 257 g/mol. The second kappa shape index (κ2) is 8.94. The molecule has 5 nitrogen and oxygen atoms in total. The van der Waals surface area contributed by atoms with Gasteiger partial charge in [-0.3, -0.25) is 9.63 Å². The van der Waals surface area contributed by atoms with Crippen molar-refractivity contribution in [2.75, 3.05) is 6.67 Å². The van der Waals surface area contributed by atoms with Gasteiger partial charge in [-0.2, -0.15) is 0 Å². The number of carbonyl (C=O) groups is 1. The second-order valence-electron chi connectivity index (χ2n) is 4.02. The number of nitrogens with one attached hydrogen (secondary N) is 1. The summed E-state index contributed by atoms with van der Waals surface area (Å²) in [4.78, 5) is 16.9. The molecule has 2 unspecified atom stereocenters. The van der Waals surface area contributed by atoms with Gasteiger partial charge in [0.15, 0.2) is 0 Å². The Morgan fingerprint density at radius 2 is 2.06 bits per heavy atom. The van der Waals surface area contributed by atoms with Crippen molar-refractivity contribution in [2.45, 2.75) is 59.6 Å². The van der Waals surface area contributed by atoms with Crippen LogP contribution in [0.5, 0.6) is 0 Å². The maximum absolute atomic E-state index is 11.2. The summed E-state index contributed by atoms with van der Waals surface area (Å²) in [7, 11) is 0. The Morgan fingerprint density at radius 1 is 1.44 bits per heavy atom. The largest absolute Gasteiger partial charge is 0.333 e. The van der Waals surface area contributed by atoms with E-state index < -0.39 is 0 Å². The molecule has 0 bridgehead atoms. The minimum atomic E-state index is -0.0484. The molecule has 0 radical (unpaired) electrons. The van der Waals surface area contributed by atoms with Crippen LogP contribution in [0.1, 0.15) is 47.5 Å². The van der Waals surface area contributed by atoms with E-state index in [4.69, 9.17) is 10.6 Å². The van der Waals surface area contributed by atoms with Crippen LogP contribution in [0.3, 0.4) is 0 Å². The Balaban J connectivity index is 0.00000137. The number of nitrogens with zero attached hydrogens (tertiary/aromatic N) is 1. The molecule has 0 aromatic carbocycles. The van der Waals surface area contributed by atoms with Crippen molar-refractivity contribution < 1.29 is 9.63 Å². The minimum absolute atomic E-state index is 0.0101. The quantitative estimate of drug-likeness (QED) is 0.787. The van der Waals surface area contributed by atoms with E-state index in [-0.39, 0.29) is 18.1 Å². The van der Waals surface area contributed by atoms with Crippen LogP contribution >= 0.6 is 0 Å².